The van der Waals surface area contributed by atoms with Gasteiger partial charge in [0, 0.05) is 19.4 Å². The highest BCUT2D eigenvalue weighted by atomic mass is 16.4. The van der Waals surface area contributed by atoms with Gasteiger partial charge in [0.2, 0.25) is 0 Å². The van der Waals surface area contributed by atoms with Crippen molar-refractivity contribution in [3.05, 3.63) is 41.5 Å². The molecule has 0 saturated carbocycles. The minimum absolute atomic E-state index is 0.229. The number of fused-ring (bicyclic) bond motifs is 1. The van der Waals surface area contributed by atoms with E-state index >= 15 is 0 Å². The number of benzene rings is 1. The quantitative estimate of drug-likeness (QED) is 0.877. The van der Waals surface area contributed by atoms with Crippen LogP contribution in [0.1, 0.15) is 23.6 Å². The number of hydrogen-bond donors (Lipinski definition) is 2. The van der Waals surface area contributed by atoms with Gasteiger partial charge >= 0.3 is 5.97 Å². The molecule has 0 fully saturated rings. The molecule has 0 spiro atoms. The largest absolute Gasteiger partial charge is 0.508 e. The Morgan fingerprint density at radius 1 is 1.40 bits per heavy atom. The van der Waals surface area contributed by atoms with Gasteiger partial charge in [-0.1, -0.05) is 12.1 Å². The van der Waals surface area contributed by atoms with Crippen LogP contribution >= 0.6 is 0 Å². The van der Waals surface area contributed by atoms with Crippen molar-refractivity contribution in [2.45, 2.75) is 25.8 Å². The molecule has 0 saturated heterocycles. The number of phenols is 1. The molecule has 3 rings (SSSR count). The Bertz CT molecular complexity index is 651. The summed E-state index contributed by atoms with van der Waals surface area (Å²) in [4.78, 5) is 11.0. The van der Waals surface area contributed by atoms with E-state index in [4.69, 9.17) is 5.11 Å². The highest BCUT2D eigenvalue weighted by Gasteiger charge is 2.27. The highest BCUT2D eigenvalue weighted by molar-refractivity contribution is 5.70. The number of aromatic hydroxyl groups is 1. The van der Waals surface area contributed by atoms with Crippen molar-refractivity contribution < 1.29 is 15.0 Å². The van der Waals surface area contributed by atoms with Crippen molar-refractivity contribution in [3.63, 3.8) is 0 Å². The molecule has 1 aromatic carbocycles. The summed E-state index contributed by atoms with van der Waals surface area (Å²) in [5.41, 5.74) is 0.959. The average Bonchev–Trinajstić information content (AvgIpc) is 2.81. The summed E-state index contributed by atoms with van der Waals surface area (Å²) < 4.78 is 1.99. The first-order valence-corrected chi connectivity index (χ1v) is 6.55. The van der Waals surface area contributed by atoms with Gasteiger partial charge in [-0.15, -0.1) is 10.2 Å². The number of carboxylic acids is 1. The van der Waals surface area contributed by atoms with Crippen molar-refractivity contribution in [2.75, 3.05) is 0 Å². The SMILES string of the molecule is O=C(O)C1CCn2c(Cc3cccc(O)c3)nnc2C1. The molecule has 20 heavy (non-hydrogen) atoms. The van der Waals surface area contributed by atoms with E-state index < -0.39 is 5.97 Å². The van der Waals surface area contributed by atoms with Crippen LogP contribution in [0.2, 0.25) is 0 Å². The van der Waals surface area contributed by atoms with E-state index in [2.05, 4.69) is 10.2 Å². The molecular weight excluding hydrogens is 258 g/mol. The predicted octanol–water partition coefficient (Wildman–Crippen LogP) is 1.22. The lowest BCUT2D eigenvalue weighted by Crippen LogP contribution is -2.26. The van der Waals surface area contributed by atoms with E-state index in [-0.39, 0.29) is 11.7 Å². The standard InChI is InChI=1S/C14H15N3O3/c18-11-3-1-2-9(6-11)7-12-15-16-13-8-10(14(19)20)4-5-17(12)13/h1-3,6,10,18H,4-5,7-8H2,(H,19,20). The molecular formula is C14H15N3O3. The second-order valence-corrected chi connectivity index (χ2v) is 5.06. The molecule has 1 atom stereocenters. The maximum absolute atomic E-state index is 11.0. The molecule has 1 aliphatic heterocycles. The van der Waals surface area contributed by atoms with Gasteiger partial charge in [0.05, 0.1) is 5.92 Å². The summed E-state index contributed by atoms with van der Waals surface area (Å²) >= 11 is 0. The lowest BCUT2D eigenvalue weighted by Gasteiger charge is -2.20. The Morgan fingerprint density at radius 3 is 3.00 bits per heavy atom. The smallest absolute Gasteiger partial charge is 0.307 e. The molecule has 2 heterocycles. The zero-order valence-corrected chi connectivity index (χ0v) is 10.9. The van der Waals surface area contributed by atoms with Crippen LogP contribution in [0.3, 0.4) is 0 Å². The molecule has 104 valence electrons. The monoisotopic (exact) mass is 273 g/mol. The molecule has 0 amide bonds. The van der Waals surface area contributed by atoms with Crippen molar-refractivity contribution in [1.82, 2.24) is 14.8 Å². The topological polar surface area (TPSA) is 88.2 Å². The van der Waals surface area contributed by atoms with E-state index in [0.717, 1.165) is 17.2 Å². The van der Waals surface area contributed by atoms with Gasteiger partial charge in [-0.05, 0) is 24.1 Å². The van der Waals surface area contributed by atoms with Gasteiger partial charge in [0.15, 0.2) is 0 Å². The fourth-order valence-electron chi connectivity index (χ4n) is 2.58. The van der Waals surface area contributed by atoms with E-state index in [0.29, 0.717) is 25.8 Å². The zero-order chi connectivity index (χ0) is 14.1. The molecule has 1 unspecified atom stereocenters. The second kappa shape index (κ2) is 4.96. The number of carbonyl (C=O) groups is 1. The molecule has 2 aromatic rings. The lowest BCUT2D eigenvalue weighted by atomic mass is 9.98. The Kier molecular flexibility index (Phi) is 3.14. The molecule has 0 bridgehead atoms. The highest BCUT2D eigenvalue weighted by Crippen LogP contribution is 2.22. The first-order chi connectivity index (χ1) is 9.63. The Balaban J connectivity index is 1.82. The number of carboxylic acid groups (broad SMARTS) is 1. The predicted molar refractivity (Wildman–Crippen MR) is 70.4 cm³/mol. The summed E-state index contributed by atoms with van der Waals surface area (Å²) in [6.45, 7) is 0.632. The number of hydrogen-bond acceptors (Lipinski definition) is 4. The van der Waals surface area contributed by atoms with Crippen LogP contribution in [-0.4, -0.2) is 30.9 Å². The molecule has 1 aliphatic rings. The van der Waals surface area contributed by atoms with Gasteiger partial charge in [0.1, 0.15) is 17.4 Å². The van der Waals surface area contributed by atoms with E-state index in [9.17, 15) is 9.90 Å². The van der Waals surface area contributed by atoms with Crippen LogP contribution in [0.4, 0.5) is 0 Å². The molecule has 0 radical (unpaired) electrons. The van der Waals surface area contributed by atoms with E-state index in [1.807, 2.05) is 10.6 Å². The molecule has 1 aromatic heterocycles. The summed E-state index contributed by atoms with van der Waals surface area (Å²) in [6.07, 6.45) is 1.62. The first-order valence-electron chi connectivity index (χ1n) is 6.55. The van der Waals surface area contributed by atoms with Crippen LogP contribution in [0.15, 0.2) is 24.3 Å². The third-order valence-electron chi connectivity index (χ3n) is 3.66. The van der Waals surface area contributed by atoms with Gasteiger partial charge in [-0.25, -0.2) is 0 Å². The number of aromatic nitrogens is 3. The van der Waals surface area contributed by atoms with Crippen LogP contribution in [-0.2, 0) is 24.2 Å². The van der Waals surface area contributed by atoms with E-state index in [1.165, 1.54) is 0 Å². The third kappa shape index (κ3) is 2.36. The van der Waals surface area contributed by atoms with Crippen molar-refractivity contribution in [3.8, 4) is 5.75 Å². The second-order valence-electron chi connectivity index (χ2n) is 5.06. The Morgan fingerprint density at radius 2 is 2.25 bits per heavy atom. The van der Waals surface area contributed by atoms with E-state index in [1.54, 1.807) is 18.2 Å². The van der Waals surface area contributed by atoms with Crippen molar-refractivity contribution >= 4 is 5.97 Å². The Labute approximate surface area is 115 Å². The first kappa shape index (κ1) is 12.7. The minimum Gasteiger partial charge on any atom is -0.508 e. The lowest BCUT2D eigenvalue weighted by molar-refractivity contribution is -0.142. The maximum Gasteiger partial charge on any atom is 0.307 e. The summed E-state index contributed by atoms with van der Waals surface area (Å²) in [5.74, 6) is 0.647. The van der Waals surface area contributed by atoms with Crippen LogP contribution < -0.4 is 0 Å². The average molecular weight is 273 g/mol. The van der Waals surface area contributed by atoms with Gasteiger partial charge in [-0.2, -0.15) is 0 Å². The van der Waals surface area contributed by atoms with Gasteiger partial charge in [-0.3, -0.25) is 4.79 Å². The fraction of sp³-hybridized carbons (Fsp3) is 0.357. The normalized spacial score (nSPS) is 17.7. The number of aliphatic carboxylic acids is 1. The number of rotatable bonds is 3. The zero-order valence-electron chi connectivity index (χ0n) is 10.9. The molecule has 0 aliphatic carbocycles. The van der Waals surface area contributed by atoms with Gasteiger partial charge in [0.25, 0.3) is 0 Å². The summed E-state index contributed by atoms with van der Waals surface area (Å²) in [5, 5.41) is 26.8. The van der Waals surface area contributed by atoms with Crippen LogP contribution in [0.25, 0.3) is 0 Å². The number of nitrogens with zero attached hydrogens (tertiary/aromatic N) is 3. The summed E-state index contributed by atoms with van der Waals surface area (Å²) in [7, 11) is 0. The van der Waals surface area contributed by atoms with Crippen LogP contribution in [0, 0.1) is 5.92 Å². The minimum atomic E-state index is -0.770. The molecule has 6 heteroatoms. The number of phenolic OH excluding ortho intramolecular Hbond substituents is 1. The summed E-state index contributed by atoms with van der Waals surface area (Å²) in [6, 6.07) is 7.04. The van der Waals surface area contributed by atoms with Gasteiger partial charge < -0.3 is 14.8 Å². The third-order valence-corrected chi connectivity index (χ3v) is 3.66. The van der Waals surface area contributed by atoms with Crippen molar-refractivity contribution in [2.24, 2.45) is 5.92 Å². The molecule has 6 nitrogen and oxygen atoms in total. The van der Waals surface area contributed by atoms with Crippen LogP contribution in [0.5, 0.6) is 5.75 Å². The fourth-order valence-corrected chi connectivity index (χ4v) is 2.58. The van der Waals surface area contributed by atoms with Crippen molar-refractivity contribution in [1.29, 1.82) is 0 Å². The molecule has 2 N–H and O–H groups in total. The Hall–Kier alpha value is -2.37. The maximum atomic E-state index is 11.0.